The van der Waals surface area contributed by atoms with Gasteiger partial charge >= 0.3 is 0 Å². The van der Waals surface area contributed by atoms with E-state index in [2.05, 4.69) is 5.32 Å². The first-order chi connectivity index (χ1) is 14.8. The third-order valence-corrected chi connectivity index (χ3v) is 7.61. The molecule has 9 heteroatoms. The number of pyridine rings is 1. The van der Waals surface area contributed by atoms with E-state index in [0.717, 1.165) is 12.8 Å². The lowest BCUT2D eigenvalue weighted by molar-refractivity contribution is 0.0721. The third-order valence-electron chi connectivity index (χ3n) is 7.32. The van der Waals surface area contributed by atoms with E-state index >= 15 is 0 Å². The lowest BCUT2D eigenvalue weighted by Crippen LogP contribution is -2.48. The van der Waals surface area contributed by atoms with E-state index < -0.39 is 28.7 Å². The van der Waals surface area contributed by atoms with Gasteiger partial charge in [-0.15, -0.1) is 0 Å². The monoisotopic (exact) mass is 443 g/mol. The van der Waals surface area contributed by atoms with Gasteiger partial charge in [-0.25, -0.2) is 4.39 Å². The highest BCUT2D eigenvalue weighted by Gasteiger charge is 2.63. The minimum absolute atomic E-state index is 0.0433. The van der Waals surface area contributed by atoms with Gasteiger partial charge < -0.3 is 15.3 Å². The molecule has 1 aromatic carbocycles. The maximum atomic E-state index is 13.4. The molecule has 1 aromatic heterocycles. The highest BCUT2D eigenvalue weighted by Crippen LogP contribution is 2.61. The van der Waals surface area contributed by atoms with Gasteiger partial charge in [0, 0.05) is 24.6 Å². The number of aromatic nitrogens is 1. The van der Waals surface area contributed by atoms with E-state index in [1.807, 2.05) is 0 Å². The molecular weight excluding hydrogens is 425 g/mol. The summed E-state index contributed by atoms with van der Waals surface area (Å²) in [5.74, 6) is -1.34. The zero-order valence-electron chi connectivity index (χ0n) is 16.5. The van der Waals surface area contributed by atoms with E-state index in [1.54, 1.807) is 0 Å². The van der Waals surface area contributed by atoms with Crippen LogP contribution in [0.1, 0.15) is 51.2 Å². The fourth-order valence-electron chi connectivity index (χ4n) is 5.81. The number of aromatic hydroxyl groups is 1. The van der Waals surface area contributed by atoms with E-state index in [1.165, 1.54) is 27.7 Å². The van der Waals surface area contributed by atoms with Crippen molar-refractivity contribution in [1.82, 2.24) is 14.8 Å². The Morgan fingerprint density at radius 3 is 2.77 bits per heavy atom. The predicted molar refractivity (Wildman–Crippen MR) is 108 cm³/mol. The molecule has 0 unspecified atom stereocenters. The van der Waals surface area contributed by atoms with E-state index in [4.69, 9.17) is 11.6 Å². The average molecular weight is 444 g/mol. The molecule has 2 saturated carbocycles. The molecular formula is C22H19ClFN3O4. The van der Waals surface area contributed by atoms with Crippen molar-refractivity contribution in [3.05, 3.63) is 61.8 Å². The highest BCUT2D eigenvalue weighted by molar-refractivity contribution is 6.30. The number of carbonyl (C=O) groups excluding carboxylic acids is 2. The molecule has 2 amide bonds. The van der Waals surface area contributed by atoms with Crippen molar-refractivity contribution >= 4 is 23.4 Å². The van der Waals surface area contributed by atoms with Crippen molar-refractivity contribution in [2.24, 2.45) is 11.8 Å². The third kappa shape index (κ3) is 2.42. The maximum Gasteiger partial charge on any atom is 0.296 e. The van der Waals surface area contributed by atoms with Gasteiger partial charge in [0.05, 0.1) is 10.6 Å². The summed E-state index contributed by atoms with van der Waals surface area (Å²) in [7, 11) is 0. The van der Waals surface area contributed by atoms with Crippen LogP contribution in [0.5, 0.6) is 5.75 Å². The van der Waals surface area contributed by atoms with Crippen LogP contribution in [0.3, 0.4) is 0 Å². The molecule has 0 bridgehead atoms. The molecule has 31 heavy (non-hydrogen) atoms. The largest absolute Gasteiger partial charge is 0.502 e. The summed E-state index contributed by atoms with van der Waals surface area (Å²) in [6, 6.07) is 4.21. The molecule has 3 heterocycles. The normalized spacial score (nSPS) is 27.9. The summed E-state index contributed by atoms with van der Waals surface area (Å²) < 4.78 is 14.9. The number of carbonyl (C=O) groups is 2. The molecule has 2 aliphatic carbocycles. The summed E-state index contributed by atoms with van der Waals surface area (Å²) in [5, 5.41) is 13.8. The molecule has 6 rings (SSSR count). The molecule has 2 aliphatic heterocycles. The molecule has 3 atom stereocenters. The van der Waals surface area contributed by atoms with Crippen LogP contribution in [0.2, 0.25) is 5.02 Å². The lowest BCUT2D eigenvalue weighted by atomic mass is 9.95. The van der Waals surface area contributed by atoms with Crippen LogP contribution in [0.15, 0.2) is 23.0 Å². The Morgan fingerprint density at radius 1 is 1.29 bits per heavy atom. The summed E-state index contributed by atoms with van der Waals surface area (Å²) in [5.41, 5.74) is -0.306. The Balaban J connectivity index is 1.43. The predicted octanol–water partition coefficient (Wildman–Crippen LogP) is 2.37. The minimum atomic E-state index is -0.772. The first kappa shape index (κ1) is 18.9. The van der Waals surface area contributed by atoms with Crippen LogP contribution in [-0.2, 0) is 18.6 Å². The van der Waals surface area contributed by atoms with Crippen LogP contribution in [0, 0.1) is 17.7 Å². The lowest BCUT2D eigenvalue weighted by Gasteiger charge is -2.32. The van der Waals surface area contributed by atoms with Crippen LogP contribution < -0.4 is 10.9 Å². The van der Waals surface area contributed by atoms with Gasteiger partial charge in [0.15, 0.2) is 5.75 Å². The van der Waals surface area contributed by atoms with E-state index in [0.29, 0.717) is 36.4 Å². The van der Waals surface area contributed by atoms with Crippen LogP contribution in [-0.4, -0.2) is 32.9 Å². The topological polar surface area (TPSA) is 91.6 Å². The molecule has 7 nitrogen and oxygen atoms in total. The smallest absolute Gasteiger partial charge is 0.296 e. The highest BCUT2D eigenvalue weighted by atomic mass is 35.5. The second-order valence-electron chi connectivity index (χ2n) is 8.94. The van der Waals surface area contributed by atoms with E-state index in [-0.39, 0.29) is 34.6 Å². The van der Waals surface area contributed by atoms with Crippen molar-refractivity contribution < 1.29 is 19.1 Å². The Labute approximate surface area is 181 Å². The molecule has 160 valence electrons. The zero-order valence-corrected chi connectivity index (χ0v) is 17.2. The number of halogens is 2. The fourth-order valence-corrected chi connectivity index (χ4v) is 6.01. The number of benzene rings is 1. The quantitative estimate of drug-likeness (QED) is 0.745. The number of fused-ring (bicyclic) bond motifs is 6. The van der Waals surface area contributed by atoms with Crippen LogP contribution in [0.25, 0.3) is 0 Å². The molecule has 2 fully saturated rings. The Hall–Kier alpha value is -2.87. The molecule has 0 saturated heterocycles. The minimum Gasteiger partial charge on any atom is -0.502 e. The van der Waals surface area contributed by atoms with Crippen molar-refractivity contribution in [3.8, 4) is 5.75 Å². The van der Waals surface area contributed by atoms with Crippen molar-refractivity contribution in [1.29, 1.82) is 0 Å². The van der Waals surface area contributed by atoms with Gasteiger partial charge in [-0.3, -0.25) is 19.0 Å². The van der Waals surface area contributed by atoms with Gasteiger partial charge in [0.25, 0.3) is 17.4 Å². The number of nitrogens with zero attached hydrogens (tertiary/aromatic N) is 2. The van der Waals surface area contributed by atoms with Gasteiger partial charge in [-0.05, 0) is 49.3 Å². The van der Waals surface area contributed by atoms with Crippen LogP contribution >= 0.6 is 11.6 Å². The SMILES string of the molecule is O=C1N[C@]2(CC[C@H]3C[C@H]32)n2c1c1c(c(O)c2=O)C(=O)N(Cc2ccc(F)c(Cl)c2)CC1. The fraction of sp³-hybridized carbons (Fsp3) is 0.409. The van der Waals surface area contributed by atoms with Crippen LogP contribution in [0.4, 0.5) is 4.39 Å². The Kier molecular flexibility index (Phi) is 3.71. The molecule has 1 spiro atoms. The van der Waals surface area contributed by atoms with Gasteiger partial charge in [0.1, 0.15) is 17.2 Å². The number of rotatable bonds is 2. The zero-order chi connectivity index (χ0) is 21.7. The second kappa shape index (κ2) is 6.09. The summed E-state index contributed by atoms with van der Waals surface area (Å²) in [6.07, 6.45) is 2.87. The van der Waals surface area contributed by atoms with E-state index in [9.17, 15) is 23.9 Å². The summed E-state index contributed by atoms with van der Waals surface area (Å²) in [6.45, 7) is 0.452. The molecule has 2 aromatic rings. The number of hydrogen-bond acceptors (Lipinski definition) is 4. The van der Waals surface area contributed by atoms with Gasteiger partial charge in [-0.2, -0.15) is 0 Å². The van der Waals surface area contributed by atoms with Gasteiger partial charge in [0.2, 0.25) is 0 Å². The molecule has 0 radical (unpaired) electrons. The Morgan fingerprint density at radius 2 is 2.10 bits per heavy atom. The summed E-state index contributed by atoms with van der Waals surface area (Å²) in [4.78, 5) is 40.8. The first-order valence-electron chi connectivity index (χ1n) is 10.4. The number of hydrogen-bond donors (Lipinski definition) is 2. The average Bonchev–Trinajstić information content (AvgIpc) is 3.37. The Bertz CT molecular complexity index is 1260. The van der Waals surface area contributed by atoms with Gasteiger partial charge in [-0.1, -0.05) is 17.7 Å². The maximum absolute atomic E-state index is 13.4. The van der Waals surface area contributed by atoms with Crippen molar-refractivity contribution in [2.45, 2.75) is 37.9 Å². The number of nitrogens with one attached hydrogen (secondary N) is 1. The molecule has 4 aliphatic rings. The summed E-state index contributed by atoms with van der Waals surface area (Å²) >= 11 is 5.84. The number of amides is 2. The second-order valence-corrected chi connectivity index (χ2v) is 9.34. The van der Waals surface area contributed by atoms with Crippen molar-refractivity contribution in [3.63, 3.8) is 0 Å². The first-order valence-corrected chi connectivity index (χ1v) is 10.8. The molecule has 2 N–H and O–H groups in total. The standard InChI is InChI=1S/C22H19ClFN3O4/c23-14-7-10(1-2-15(14)24)9-26-6-4-12-16(20(26)30)18(28)21(31)27-17(12)19(29)25-22(27)5-3-11-8-13(11)22/h1-2,7,11,13,28H,3-6,8-9H2,(H,25,29)/t11-,13+,22+/m0/s1. The van der Waals surface area contributed by atoms with Crippen molar-refractivity contribution in [2.75, 3.05) is 6.54 Å².